The lowest BCUT2D eigenvalue weighted by Gasteiger charge is -2.29. The lowest BCUT2D eigenvalue weighted by Crippen LogP contribution is -2.28. The van der Waals surface area contributed by atoms with Gasteiger partial charge in [0.2, 0.25) is 0 Å². The summed E-state index contributed by atoms with van der Waals surface area (Å²) < 4.78 is 2.61. The highest BCUT2D eigenvalue weighted by atomic mass is 32.1. The summed E-state index contributed by atoms with van der Waals surface area (Å²) >= 11 is 1.88. The molecule has 0 fully saturated rings. The fraction of sp³-hybridized carbons (Fsp3) is 0. The first-order chi connectivity index (χ1) is 20.1. The molecule has 41 heavy (non-hydrogen) atoms. The Balaban J connectivity index is 1.63. The van der Waals surface area contributed by atoms with Gasteiger partial charge in [0.05, 0.1) is 0 Å². The largest absolute Gasteiger partial charge is 0.135 e. The predicted molar refractivity (Wildman–Crippen MR) is 191 cm³/mol. The lowest BCUT2D eigenvalue weighted by molar-refractivity contribution is 1.75. The Hall–Kier alpha value is -3.86. The number of thiophene rings is 1. The molecule has 0 N–H and O–H groups in total. The van der Waals surface area contributed by atoms with Gasteiger partial charge in [-0.05, 0) is 57.7 Å². The van der Waals surface area contributed by atoms with E-state index in [1.807, 2.05) is 11.3 Å². The van der Waals surface area contributed by atoms with Crippen LogP contribution in [-0.4, -0.2) is 12.6 Å². The molecule has 0 saturated carbocycles. The van der Waals surface area contributed by atoms with Crippen LogP contribution < -0.4 is 31.8 Å². The molecule has 6 aromatic carbocycles. The van der Waals surface area contributed by atoms with Crippen LogP contribution in [0.15, 0.2) is 158 Å². The van der Waals surface area contributed by atoms with Crippen molar-refractivity contribution < 1.29 is 0 Å². The molecule has 0 bridgehead atoms. The number of fused-ring (bicyclic) bond motifs is 3. The summed E-state index contributed by atoms with van der Waals surface area (Å²) in [5.74, 6) is 0. The number of rotatable bonds is 6. The van der Waals surface area contributed by atoms with Gasteiger partial charge in [-0.1, -0.05) is 158 Å². The quantitative estimate of drug-likeness (QED) is 0.179. The van der Waals surface area contributed by atoms with E-state index in [-0.39, 0.29) is 0 Å². The number of benzene rings is 6. The zero-order chi connectivity index (χ0) is 27.9. The minimum Gasteiger partial charge on any atom is -0.135 e. The summed E-state index contributed by atoms with van der Waals surface area (Å²) in [7, 11) is 0. The van der Waals surface area contributed by atoms with Crippen molar-refractivity contribution in [2.24, 2.45) is 0 Å². The normalized spacial score (nSPS) is 12.1. The van der Waals surface area contributed by atoms with Gasteiger partial charge in [-0.15, -0.1) is 11.3 Å². The molecule has 0 nitrogen and oxygen atoms in total. The lowest BCUT2D eigenvalue weighted by atomic mass is 10.1. The summed E-state index contributed by atoms with van der Waals surface area (Å²) in [6.45, 7) is -4.42. The average Bonchev–Trinajstić information content (AvgIpc) is 3.45. The van der Waals surface area contributed by atoms with Gasteiger partial charge >= 0.3 is 0 Å². The van der Waals surface area contributed by atoms with E-state index in [1.54, 1.807) is 0 Å². The first-order valence-corrected chi connectivity index (χ1v) is 18.5. The van der Waals surface area contributed by atoms with Gasteiger partial charge in [0.25, 0.3) is 0 Å². The van der Waals surface area contributed by atoms with Crippen LogP contribution in [0.25, 0.3) is 20.2 Å². The minimum absolute atomic E-state index is 1.29. The maximum absolute atomic E-state index is 5.13. The summed E-state index contributed by atoms with van der Waals surface area (Å²) in [6.07, 6.45) is 10.3. The highest BCUT2D eigenvalue weighted by molar-refractivity contribution is 7.94. The molecule has 0 aliphatic carbocycles. The van der Waals surface area contributed by atoms with E-state index in [0.29, 0.717) is 0 Å². The molecule has 0 aliphatic heterocycles. The molecule has 0 unspecified atom stereocenters. The smallest absolute Gasteiger partial charge is 0.0362 e. The Morgan fingerprint density at radius 1 is 0.341 bits per heavy atom. The Morgan fingerprint density at radius 2 is 0.634 bits per heavy atom. The molecule has 1 aromatic heterocycles. The van der Waals surface area contributed by atoms with Crippen molar-refractivity contribution in [2.45, 2.75) is 0 Å². The van der Waals surface area contributed by atoms with Crippen LogP contribution >= 0.6 is 25.1 Å². The molecule has 0 amide bonds. The molecule has 0 atom stereocenters. The molecule has 0 radical (unpaired) electrons. The first-order valence-electron chi connectivity index (χ1n) is 13.8. The van der Waals surface area contributed by atoms with Crippen LogP contribution in [0.5, 0.6) is 0 Å². The van der Waals surface area contributed by atoms with E-state index >= 15 is 0 Å². The van der Waals surface area contributed by atoms with Crippen LogP contribution in [0.4, 0.5) is 0 Å². The molecule has 1 heterocycles. The fourth-order valence-corrected chi connectivity index (χ4v) is 13.7. The van der Waals surface area contributed by atoms with E-state index in [1.165, 1.54) is 52.0 Å². The van der Waals surface area contributed by atoms with Crippen molar-refractivity contribution in [3.63, 3.8) is 0 Å². The van der Waals surface area contributed by atoms with Gasteiger partial charge in [0.1, 0.15) is 0 Å². The highest BCUT2D eigenvalue weighted by Gasteiger charge is 2.29. The monoisotopic (exact) mass is 580 g/mol. The third-order valence-electron chi connectivity index (χ3n) is 8.09. The topological polar surface area (TPSA) is 0 Å². The first kappa shape index (κ1) is 26.1. The third kappa shape index (κ3) is 4.20. The standard InChI is InChI=1S/C38H30P2S/c1-39(29-17-7-3-8-18-29,30-19-9-4-10-20-30)33-25-15-27-35-37(33)38-34(26-16-28-36(38)41-35)40(2,31-21-11-5-12-22-31)32-23-13-6-14-24-32/h3-28H,1-2H2. The van der Waals surface area contributed by atoms with E-state index < -0.39 is 13.8 Å². The van der Waals surface area contributed by atoms with Crippen LogP contribution in [0.1, 0.15) is 0 Å². The maximum atomic E-state index is 5.13. The molecule has 198 valence electrons. The Labute approximate surface area is 246 Å². The SMILES string of the molecule is C=P(c1ccccc1)(c1ccccc1)c1cccc2sc3cccc(P(=C)(c4ccccc4)c4ccccc4)c3c12. The predicted octanol–water partition coefficient (Wildman–Crippen LogP) is 7.51. The van der Waals surface area contributed by atoms with Crippen LogP contribution in [0, 0.1) is 0 Å². The van der Waals surface area contributed by atoms with Gasteiger partial charge in [-0.2, -0.15) is 0 Å². The van der Waals surface area contributed by atoms with Gasteiger partial charge in [0, 0.05) is 20.2 Å². The molecule has 0 saturated heterocycles. The van der Waals surface area contributed by atoms with Crippen LogP contribution in [0.2, 0.25) is 0 Å². The molecule has 0 aliphatic rings. The summed E-state index contributed by atoms with van der Waals surface area (Å²) in [6, 6.07) is 57.3. The summed E-state index contributed by atoms with van der Waals surface area (Å²) in [5.41, 5.74) is 0. The van der Waals surface area contributed by atoms with Crippen LogP contribution in [0.3, 0.4) is 0 Å². The zero-order valence-corrected chi connectivity index (χ0v) is 25.3. The summed E-state index contributed by atoms with van der Waals surface area (Å²) in [4.78, 5) is 0. The molecule has 7 rings (SSSR count). The zero-order valence-electron chi connectivity index (χ0n) is 22.7. The molecule has 0 spiro atoms. The minimum atomic E-state index is -2.21. The van der Waals surface area contributed by atoms with E-state index in [0.717, 1.165) is 0 Å². The number of hydrogen-bond acceptors (Lipinski definition) is 1. The van der Waals surface area contributed by atoms with Crippen molar-refractivity contribution in [3.8, 4) is 0 Å². The molecule has 3 heteroatoms. The van der Waals surface area contributed by atoms with Crippen molar-refractivity contribution in [3.05, 3.63) is 158 Å². The van der Waals surface area contributed by atoms with Crippen LogP contribution in [-0.2, 0) is 0 Å². The van der Waals surface area contributed by atoms with Gasteiger partial charge in [0.15, 0.2) is 0 Å². The Morgan fingerprint density at radius 3 is 0.927 bits per heavy atom. The van der Waals surface area contributed by atoms with Gasteiger partial charge < -0.3 is 0 Å². The van der Waals surface area contributed by atoms with Gasteiger partial charge in [-0.25, -0.2) is 0 Å². The van der Waals surface area contributed by atoms with Crippen molar-refractivity contribution >= 4 is 89.7 Å². The fourth-order valence-electron chi connectivity index (χ4n) is 6.05. The third-order valence-corrected chi connectivity index (χ3v) is 16.3. The highest BCUT2D eigenvalue weighted by Crippen LogP contribution is 2.50. The van der Waals surface area contributed by atoms with E-state index in [2.05, 4.69) is 158 Å². The summed E-state index contributed by atoms with van der Waals surface area (Å²) in [5, 5.41) is 10.5. The van der Waals surface area contributed by atoms with E-state index in [9.17, 15) is 0 Å². The van der Waals surface area contributed by atoms with Crippen molar-refractivity contribution in [1.29, 1.82) is 0 Å². The Kier molecular flexibility index (Phi) is 6.69. The van der Waals surface area contributed by atoms with Crippen molar-refractivity contribution in [2.75, 3.05) is 0 Å². The molecule has 7 aromatic rings. The molecular weight excluding hydrogens is 550 g/mol. The second-order valence-corrected chi connectivity index (χ2v) is 17.7. The maximum Gasteiger partial charge on any atom is 0.0362 e. The second kappa shape index (κ2) is 10.5. The molecular formula is C38H30P2S. The van der Waals surface area contributed by atoms with E-state index in [4.69, 9.17) is 12.6 Å². The number of hydrogen-bond donors (Lipinski definition) is 0. The average molecular weight is 581 g/mol. The van der Waals surface area contributed by atoms with Gasteiger partial charge in [-0.3, -0.25) is 0 Å². The second-order valence-electron chi connectivity index (χ2n) is 10.4. The Bertz CT molecular complexity index is 1840. The van der Waals surface area contributed by atoms with Crippen molar-refractivity contribution in [1.82, 2.24) is 0 Å².